The van der Waals surface area contributed by atoms with Crippen LogP contribution in [0.3, 0.4) is 0 Å². The third-order valence-electron chi connectivity index (χ3n) is 19.1. The summed E-state index contributed by atoms with van der Waals surface area (Å²) in [7, 11) is 0. The molecule has 0 aliphatic carbocycles. The Bertz CT molecular complexity index is 6440. The molecule has 5 aromatic heterocycles. The lowest BCUT2D eigenvalue weighted by Crippen LogP contribution is -2.01. The fraction of sp³-hybridized carbons (Fsp3) is 0. The van der Waals surface area contributed by atoms with Crippen LogP contribution in [0, 0.1) is 0 Å². The molecule has 0 fully saturated rings. The maximum atomic E-state index is 6.86. The van der Waals surface area contributed by atoms with Crippen molar-refractivity contribution in [3.63, 3.8) is 0 Å². The summed E-state index contributed by atoms with van der Waals surface area (Å²) in [5.74, 6) is 3.74. The van der Waals surface area contributed by atoms with Crippen molar-refractivity contribution in [3.8, 4) is 113 Å². The number of rotatable bonds is 10. The van der Waals surface area contributed by atoms with Crippen LogP contribution >= 0.6 is 11.3 Å². The lowest BCUT2D eigenvalue weighted by atomic mass is 9.87. The zero-order chi connectivity index (χ0) is 66.7. The van der Waals surface area contributed by atoms with Gasteiger partial charge in [0, 0.05) is 91.8 Å². The molecule has 0 unspecified atom stereocenters. The quantitative estimate of drug-likeness (QED) is 0.133. The molecule has 8 nitrogen and oxygen atoms in total. The number of nitrogens with zero attached hydrogens (tertiary/aromatic N) is 6. The van der Waals surface area contributed by atoms with E-state index >= 15 is 0 Å². The van der Waals surface area contributed by atoms with Crippen LogP contribution < -0.4 is 0 Å². The van der Waals surface area contributed by atoms with Crippen LogP contribution in [-0.2, 0) is 0 Å². The predicted molar refractivity (Wildman–Crippen MR) is 416 cm³/mol. The van der Waals surface area contributed by atoms with Crippen molar-refractivity contribution in [2.24, 2.45) is 0 Å². The smallest absolute Gasteiger partial charge is 0.165 e. The van der Waals surface area contributed by atoms with E-state index in [0.717, 1.165) is 132 Å². The molecule has 0 aliphatic rings. The van der Waals surface area contributed by atoms with E-state index in [-0.39, 0.29) is 0 Å². The van der Waals surface area contributed by atoms with Gasteiger partial charge in [-0.1, -0.05) is 303 Å². The molecular weight excluding hydrogens is 1250 g/mol. The molecule has 0 bridgehead atoms. The van der Waals surface area contributed by atoms with E-state index in [1.54, 1.807) is 0 Å². The molecule has 20 rings (SSSR count). The molecule has 20 aromatic rings. The Morgan fingerprint density at radius 2 is 0.505 bits per heavy atom. The van der Waals surface area contributed by atoms with Crippen molar-refractivity contribution in [2.45, 2.75) is 0 Å². The van der Waals surface area contributed by atoms with Gasteiger partial charge in [0.25, 0.3) is 0 Å². The molecule has 0 saturated heterocycles. The van der Waals surface area contributed by atoms with Gasteiger partial charge in [-0.25, -0.2) is 29.9 Å². The number of hydrogen-bond donors (Lipinski definition) is 0. The minimum Gasteiger partial charge on any atom is -0.455 e. The van der Waals surface area contributed by atoms with E-state index in [9.17, 15) is 0 Å². The van der Waals surface area contributed by atoms with Gasteiger partial charge in [-0.2, -0.15) is 0 Å². The Hall–Kier alpha value is -13.3. The molecule has 101 heavy (non-hydrogen) atoms. The average molecular weight is 1310 g/mol. The highest BCUT2D eigenvalue weighted by molar-refractivity contribution is 7.25. The Morgan fingerprint density at radius 3 is 1.00 bits per heavy atom. The fourth-order valence-corrected chi connectivity index (χ4v) is 15.5. The third kappa shape index (κ3) is 10.5. The van der Waals surface area contributed by atoms with Crippen LogP contribution in [0.15, 0.2) is 349 Å². The van der Waals surface area contributed by atoms with E-state index in [1.165, 1.54) is 31.3 Å². The van der Waals surface area contributed by atoms with Gasteiger partial charge >= 0.3 is 0 Å². The van der Waals surface area contributed by atoms with Gasteiger partial charge in [-0.05, 0) is 85.8 Å². The molecule has 0 N–H and O–H groups in total. The Labute approximate surface area is 584 Å². The molecule has 5 heterocycles. The first kappa shape index (κ1) is 59.0. The first-order chi connectivity index (χ1) is 50.1. The SMILES string of the molecule is c1ccc(-c2ccc(-c3c4ccccc4c(-c4cccc(-c5nc(-c6ccccc6)nc(-c6ccccc6)n5)c4)c4oc5ccccc5c34)cc2)cc1.c1ccc(-c2nc(-c3ccccc3)nc(-c3c4ccccc4c(-c4ccc5sc6ccccc6c5c4)c4oc5ccccc5c34)n2)cc1. The average Bonchev–Trinajstić information content (AvgIpc) is 1.63. The van der Waals surface area contributed by atoms with Crippen LogP contribution in [0.1, 0.15) is 0 Å². The summed E-state index contributed by atoms with van der Waals surface area (Å²) < 4.78 is 16.3. The molecule has 472 valence electrons. The van der Waals surface area contributed by atoms with Crippen LogP contribution in [-0.4, -0.2) is 29.9 Å². The van der Waals surface area contributed by atoms with Crippen molar-refractivity contribution in [2.75, 3.05) is 0 Å². The molecular formula is C92H56N6O2S. The molecule has 0 atom stereocenters. The topological polar surface area (TPSA) is 104 Å². The highest BCUT2D eigenvalue weighted by Gasteiger charge is 2.27. The zero-order valence-corrected chi connectivity index (χ0v) is 55.1. The van der Waals surface area contributed by atoms with Crippen molar-refractivity contribution in [1.29, 1.82) is 0 Å². The molecule has 0 spiro atoms. The summed E-state index contributed by atoms with van der Waals surface area (Å²) in [6, 6.07) is 118. The number of hydrogen-bond acceptors (Lipinski definition) is 9. The van der Waals surface area contributed by atoms with E-state index < -0.39 is 0 Å². The normalized spacial score (nSPS) is 11.6. The van der Waals surface area contributed by atoms with Crippen molar-refractivity contribution in [3.05, 3.63) is 340 Å². The Kier molecular flexibility index (Phi) is 14.6. The van der Waals surface area contributed by atoms with Crippen molar-refractivity contribution < 1.29 is 8.83 Å². The summed E-state index contributed by atoms with van der Waals surface area (Å²) >= 11 is 1.83. The van der Waals surface area contributed by atoms with Crippen LogP contribution in [0.5, 0.6) is 0 Å². The summed E-state index contributed by atoms with van der Waals surface area (Å²) in [5, 5.41) is 11.2. The van der Waals surface area contributed by atoms with Gasteiger partial charge in [0.05, 0.1) is 0 Å². The summed E-state index contributed by atoms with van der Waals surface area (Å²) in [6.45, 7) is 0. The summed E-state index contributed by atoms with van der Waals surface area (Å²) in [5.41, 5.74) is 17.9. The third-order valence-corrected chi connectivity index (χ3v) is 20.2. The lowest BCUT2D eigenvalue weighted by molar-refractivity contribution is 0.670. The molecule has 9 heteroatoms. The van der Waals surface area contributed by atoms with Gasteiger partial charge in [0.1, 0.15) is 22.3 Å². The fourth-order valence-electron chi connectivity index (χ4n) is 14.4. The van der Waals surface area contributed by atoms with Gasteiger partial charge in [0.2, 0.25) is 0 Å². The van der Waals surface area contributed by atoms with Crippen molar-refractivity contribution in [1.82, 2.24) is 29.9 Å². The standard InChI is InChI=1S/C49H31N3O.C43H25N3OS/c1-4-15-32(16-5-1)33-27-29-34(30-28-33)43-39-23-10-11-24-40(39)44(46-45(43)41-25-12-13-26-42(41)53-46)37-21-14-22-38(31-37)49-51-47(35-17-6-2-7-18-35)50-48(52-49)36-19-8-3-9-20-36;1-3-13-26(14-4-1)41-44-42(27-15-5-2-6-16-27)46-43(45-41)39-31-19-8-7-18-30(31)37(40-38(39)32-20-9-11-21-34(32)47-40)28-23-24-36-33(25-28)29-17-10-12-22-35(29)48-36/h1-31H;1-25H. The first-order valence-electron chi connectivity index (χ1n) is 33.7. The van der Waals surface area contributed by atoms with E-state index in [0.29, 0.717) is 34.9 Å². The Balaban J connectivity index is 0.000000141. The predicted octanol–water partition coefficient (Wildman–Crippen LogP) is 24.9. The molecule has 0 aliphatic heterocycles. The molecule has 15 aromatic carbocycles. The highest BCUT2D eigenvalue weighted by Crippen LogP contribution is 2.51. The van der Waals surface area contributed by atoms with Crippen LogP contribution in [0.4, 0.5) is 0 Å². The second-order valence-corrected chi connectivity index (χ2v) is 26.2. The van der Waals surface area contributed by atoms with Gasteiger partial charge in [-0.15, -0.1) is 11.3 Å². The zero-order valence-electron chi connectivity index (χ0n) is 54.2. The second kappa shape index (κ2) is 24.9. The van der Waals surface area contributed by atoms with E-state index in [2.05, 4.69) is 200 Å². The Morgan fingerprint density at radius 1 is 0.188 bits per heavy atom. The second-order valence-electron chi connectivity index (χ2n) is 25.1. The highest BCUT2D eigenvalue weighted by atomic mass is 32.1. The van der Waals surface area contributed by atoms with E-state index in [1.807, 2.05) is 151 Å². The molecule has 0 saturated carbocycles. The largest absolute Gasteiger partial charge is 0.455 e. The number of aromatic nitrogens is 6. The van der Waals surface area contributed by atoms with Crippen LogP contribution in [0.25, 0.3) is 198 Å². The first-order valence-corrected chi connectivity index (χ1v) is 34.5. The minimum atomic E-state index is 0.611. The van der Waals surface area contributed by atoms with Gasteiger partial charge < -0.3 is 8.83 Å². The molecule has 0 radical (unpaired) electrons. The van der Waals surface area contributed by atoms with E-state index in [4.69, 9.17) is 38.7 Å². The maximum absolute atomic E-state index is 6.86. The number of thiophene rings is 1. The van der Waals surface area contributed by atoms with Crippen molar-refractivity contribution >= 4 is 96.9 Å². The number of para-hydroxylation sites is 2. The lowest BCUT2D eigenvalue weighted by Gasteiger charge is -2.16. The summed E-state index contributed by atoms with van der Waals surface area (Å²) in [4.78, 5) is 30.3. The minimum absolute atomic E-state index is 0.611. The van der Waals surface area contributed by atoms with Gasteiger partial charge in [0.15, 0.2) is 34.9 Å². The summed E-state index contributed by atoms with van der Waals surface area (Å²) in [6.07, 6.45) is 0. The van der Waals surface area contributed by atoms with Crippen LogP contribution in [0.2, 0.25) is 0 Å². The monoisotopic (exact) mass is 1310 g/mol. The number of furan rings is 2. The van der Waals surface area contributed by atoms with Gasteiger partial charge in [-0.3, -0.25) is 0 Å². The number of benzene rings is 15. The molecule has 0 amide bonds. The number of fused-ring (bicyclic) bond motifs is 11. The maximum Gasteiger partial charge on any atom is 0.165 e.